The average Bonchev–Trinajstić information content (AvgIpc) is 3.30. The van der Waals surface area contributed by atoms with Gasteiger partial charge in [0.25, 0.3) is 10.0 Å². The molecule has 3 atom stereocenters. The maximum absolute atomic E-state index is 13.2. The number of hydrogen-bond donors (Lipinski definition) is 0. The molecule has 2 aliphatic heterocycles. The van der Waals surface area contributed by atoms with Gasteiger partial charge in [-0.3, -0.25) is 4.79 Å². The number of aryl methyl sites for hydroxylation is 1. The maximum Gasteiger partial charge on any atom is 0.266 e. The summed E-state index contributed by atoms with van der Waals surface area (Å²) in [5.41, 5.74) is 0.960. The first-order valence-corrected chi connectivity index (χ1v) is 13.6. The number of amides is 1. The number of carbonyl (C=O) groups excluding carboxylic acids is 1. The van der Waals surface area contributed by atoms with Crippen LogP contribution in [0.2, 0.25) is 18.1 Å². The molecule has 1 aromatic rings. The van der Waals surface area contributed by atoms with E-state index in [0.29, 0.717) is 0 Å². The molecule has 150 valence electrons. The van der Waals surface area contributed by atoms with E-state index < -0.39 is 30.3 Å². The van der Waals surface area contributed by atoms with Gasteiger partial charge in [-0.1, -0.05) is 38.5 Å². The Labute approximate surface area is 163 Å². The van der Waals surface area contributed by atoms with Crippen LogP contribution in [0.25, 0.3) is 0 Å². The third-order valence-electron chi connectivity index (χ3n) is 5.92. The summed E-state index contributed by atoms with van der Waals surface area (Å²) in [7, 11) is -6.03. The first-order valence-electron chi connectivity index (χ1n) is 9.28. The normalized spacial score (nSPS) is 26.1. The van der Waals surface area contributed by atoms with Crippen LogP contribution in [-0.2, 0) is 24.0 Å². The Kier molecular flexibility index (Phi) is 5.08. The van der Waals surface area contributed by atoms with Crippen LogP contribution in [0.4, 0.5) is 0 Å². The average molecular weight is 412 g/mol. The molecule has 8 heteroatoms. The highest BCUT2D eigenvalue weighted by Gasteiger charge is 2.57. The highest BCUT2D eigenvalue weighted by Crippen LogP contribution is 2.41. The van der Waals surface area contributed by atoms with E-state index in [1.807, 2.05) is 6.92 Å². The zero-order valence-corrected chi connectivity index (χ0v) is 18.7. The molecule has 2 aliphatic rings. The molecule has 1 aromatic carbocycles. The van der Waals surface area contributed by atoms with Crippen LogP contribution in [-0.4, -0.2) is 51.8 Å². The highest BCUT2D eigenvalue weighted by atomic mass is 32.2. The second-order valence-electron chi connectivity index (χ2n) is 8.99. The molecule has 0 spiro atoms. The molecule has 3 rings (SSSR count). The topological polar surface area (TPSA) is 76.2 Å². The van der Waals surface area contributed by atoms with E-state index in [2.05, 4.69) is 33.9 Å². The molecule has 0 unspecified atom stereocenters. The Morgan fingerprint density at radius 1 is 1.22 bits per heavy atom. The van der Waals surface area contributed by atoms with E-state index >= 15 is 0 Å². The zero-order valence-electron chi connectivity index (χ0n) is 16.9. The Morgan fingerprint density at radius 2 is 1.81 bits per heavy atom. The van der Waals surface area contributed by atoms with Gasteiger partial charge in [-0.2, -0.15) is 0 Å². The van der Waals surface area contributed by atoms with Gasteiger partial charge in [0.05, 0.1) is 30.1 Å². The molecule has 6 nitrogen and oxygen atoms in total. The first-order chi connectivity index (χ1) is 12.3. The number of benzene rings is 1. The third-order valence-corrected chi connectivity index (χ3v) is 12.3. The van der Waals surface area contributed by atoms with E-state index in [1.165, 1.54) is 0 Å². The number of nitrogens with zero attached hydrogens (tertiary/aromatic N) is 1. The molecule has 0 aliphatic carbocycles. The van der Waals surface area contributed by atoms with Crippen molar-refractivity contribution in [3.63, 3.8) is 0 Å². The number of epoxide rings is 1. The number of sulfonamides is 1. The smallest absolute Gasteiger partial charge is 0.266 e. The van der Waals surface area contributed by atoms with Crippen molar-refractivity contribution in [1.29, 1.82) is 0 Å². The summed E-state index contributed by atoms with van der Waals surface area (Å²) in [6.07, 6.45) is -0.352. The van der Waals surface area contributed by atoms with Crippen LogP contribution < -0.4 is 0 Å². The number of carbonyl (C=O) groups is 1. The monoisotopic (exact) mass is 411 g/mol. The van der Waals surface area contributed by atoms with Crippen LogP contribution in [0.15, 0.2) is 29.2 Å². The van der Waals surface area contributed by atoms with Crippen LogP contribution in [0.3, 0.4) is 0 Å². The van der Waals surface area contributed by atoms with Crippen molar-refractivity contribution in [1.82, 2.24) is 4.31 Å². The predicted molar refractivity (Wildman–Crippen MR) is 105 cm³/mol. The standard InChI is InChI=1S/C19H29NO5SSi/c1-13-7-9-14(10-8-13)26(22,23)20-15(18-16(25-18)11-17(20)21)12-24-27(5,6)19(2,3)4/h7-10,15-16,18H,11-12H2,1-6H3/t15-,16+,18-/m1/s1. The van der Waals surface area contributed by atoms with Gasteiger partial charge >= 0.3 is 0 Å². The minimum atomic E-state index is -3.95. The summed E-state index contributed by atoms with van der Waals surface area (Å²) in [5, 5.41) is -0.00382. The second kappa shape index (κ2) is 6.68. The van der Waals surface area contributed by atoms with E-state index in [9.17, 15) is 13.2 Å². The fourth-order valence-electron chi connectivity index (χ4n) is 3.05. The summed E-state index contributed by atoms with van der Waals surface area (Å²) in [5.74, 6) is -0.418. The Hall–Kier alpha value is -1.22. The molecule has 27 heavy (non-hydrogen) atoms. The van der Waals surface area contributed by atoms with E-state index in [-0.39, 0.29) is 35.2 Å². The SMILES string of the molecule is Cc1ccc(S(=O)(=O)N2C(=O)C[C@@H]3O[C@@H]3[C@H]2CO[Si](C)(C)C(C)(C)C)cc1. The highest BCUT2D eigenvalue weighted by molar-refractivity contribution is 7.89. The quantitative estimate of drug-likeness (QED) is 0.550. The van der Waals surface area contributed by atoms with Gasteiger partial charge in [-0.15, -0.1) is 0 Å². The lowest BCUT2D eigenvalue weighted by atomic mass is 10.1. The molecule has 1 amide bonds. The third kappa shape index (κ3) is 3.85. The first kappa shape index (κ1) is 20.5. The van der Waals surface area contributed by atoms with Crippen molar-refractivity contribution in [3.8, 4) is 0 Å². The molecule has 0 aromatic heterocycles. The molecule has 0 saturated carbocycles. The molecular formula is C19H29NO5SSi. The summed E-state index contributed by atoms with van der Waals surface area (Å²) in [6, 6.07) is 5.95. The van der Waals surface area contributed by atoms with E-state index in [0.717, 1.165) is 9.87 Å². The summed E-state index contributed by atoms with van der Waals surface area (Å²) in [6.45, 7) is 12.7. The lowest BCUT2D eigenvalue weighted by molar-refractivity contribution is -0.129. The van der Waals surface area contributed by atoms with E-state index in [1.54, 1.807) is 24.3 Å². The van der Waals surface area contributed by atoms with Crippen molar-refractivity contribution in [3.05, 3.63) is 29.8 Å². The molecular weight excluding hydrogens is 382 g/mol. The summed E-state index contributed by atoms with van der Waals surface area (Å²) in [4.78, 5) is 12.8. The summed E-state index contributed by atoms with van der Waals surface area (Å²) >= 11 is 0. The van der Waals surface area contributed by atoms with Crippen LogP contribution in [0, 0.1) is 6.92 Å². The lowest BCUT2D eigenvalue weighted by Crippen LogP contribution is -2.55. The molecule has 2 fully saturated rings. The Balaban J connectivity index is 1.89. The van der Waals surface area contributed by atoms with Crippen molar-refractivity contribution in [2.24, 2.45) is 0 Å². The number of piperidine rings is 1. The Bertz CT molecular complexity index is 829. The fraction of sp³-hybridized carbons (Fsp3) is 0.632. The molecule has 0 radical (unpaired) electrons. The maximum atomic E-state index is 13.2. The fourth-order valence-corrected chi connectivity index (χ4v) is 5.66. The number of rotatable bonds is 5. The van der Waals surface area contributed by atoms with Crippen molar-refractivity contribution >= 4 is 24.2 Å². The van der Waals surface area contributed by atoms with Gasteiger partial charge in [-0.05, 0) is 37.2 Å². The second-order valence-corrected chi connectivity index (χ2v) is 15.6. The minimum Gasteiger partial charge on any atom is -0.415 e. The van der Waals surface area contributed by atoms with Gasteiger partial charge in [0.15, 0.2) is 8.32 Å². The molecule has 2 heterocycles. The minimum absolute atomic E-state index is 0.00382. The van der Waals surface area contributed by atoms with Crippen molar-refractivity contribution in [2.75, 3.05) is 6.61 Å². The van der Waals surface area contributed by atoms with Crippen molar-refractivity contribution in [2.45, 2.75) is 75.4 Å². The number of hydrogen-bond acceptors (Lipinski definition) is 5. The van der Waals surface area contributed by atoms with Crippen molar-refractivity contribution < 1.29 is 22.4 Å². The van der Waals surface area contributed by atoms with Crippen LogP contribution in [0.1, 0.15) is 32.8 Å². The van der Waals surface area contributed by atoms with Gasteiger partial charge in [0, 0.05) is 0 Å². The number of fused-ring (bicyclic) bond motifs is 1. The van der Waals surface area contributed by atoms with Gasteiger partial charge in [0.2, 0.25) is 5.91 Å². The lowest BCUT2D eigenvalue weighted by Gasteiger charge is -2.39. The Morgan fingerprint density at radius 3 is 2.37 bits per heavy atom. The van der Waals surface area contributed by atoms with Crippen LogP contribution >= 0.6 is 0 Å². The predicted octanol–water partition coefficient (Wildman–Crippen LogP) is 3.07. The van der Waals surface area contributed by atoms with Crippen LogP contribution in [0.5, 0.6) is 0 Å². The molecule has 2 saturated heterocycles. The largest absolute Gasteiger partial charge is 0.415 e. The van der Waals surface area contributed by atoms with Gasteiger partial charge < -0.3 is 9.16 Å². The summed E-state index contributed by atoms with van der Waals surface area (Å²) < 4.78 is 39.3. The van der Waals surface area contributed by atoms with Gasteiger partial charge in [0.1, 0.15) is 6.10 Å². The van der Waals surface area contributed by atoms with E-state index in [4.69, 9.17) is 9.16 Å². The van der Waals surface area contributed by atoms with Gasteiger partial charge in [-0.25, -0.2) is 12.7 Å². The number of ether oxygens (including phenoxy) is 1. The molecule has 0 bridgehead atoms. The molecule has 0 N–H and O–H groups in total. The zero-order chi connectivity index (χ0) is 20.2.